The molecule has 1 aliphatic heterocycles. The van der Waals surface area contributed by atoms with E-state index in [1.54, 1.807) is 14.0 Å². The molecule has 2 rings (SSSR count). The van der Waals surface area contributed by atoms with Crippen molar-refractivity contribution in [3.8, 4) is 0 Å². The Morgan fingerprint density at radius 2 is 2.24 bits per heavy atom. The van der Waals surface area contributed by atoms with Crippen molar-refractivity contribution in [2.75, 3.05) is 31.7 Å². The van der Waals surface area contributed by atoms with Crippen LogP contribution in [-0.4, -0.2) is 48.7 Å². The van der Waals surface area contributed by atoms with Gasteiger partial charge in [0.15, 0.2) is 0 Å². The van der Waals surface area contributed by atoms with Gasteiger partial charge in [0, 0.05) is 14.0 Å². The maximum atomic E-state index is 5.92. The van der Waals surface area contributed by atoms with Crippen LogP contribution in [0, 0.1) is 6.92 Å². The molecule has 0 amide bonds. The molecule has 6 nitrogen and oxygen atoms in total. The first-order chi connectivity index (χ1) is 8.00. The molecule has 1 aromatic rings. The van der Waals surface area contributed by atoms with E-state index < -0.39 is 0 Å². The van der Waals surface area contributed by atoms with Crippen molar-refractivity contribution in [3.63, 3.8) is 0 Å². The minimum Gasteiger partial charge on any atom is -0.408 e. The van der Waals surface area contributed by atoms with Crippen LogP contribution in [0.2, 0.25) is 0 Å². The Morgan fingerprint density at radius 3 is 2.82 bits per heavy atom. The molecule has 0 saturated carbocycles. The first-order valence-electron chi connectivity index (χ1n) is 5.72. The first-order valence-corrected chi connectivity index (χ1v) is 5.72. The first kappa shape index (κ1) is 12.3. The van der Waals surface area contributed by atoms with E-state index in [9.17, 15) is 0 Å². The Balaban J connectivity index is 2.12. The number of morpholine rings is 1. The van der Waals surface area contributed by atoms with E-state index in [1.807, 2.05) is 18.7 Å². The van der Waals surface area contributed by atoms with Gasteiger partial charge >= 0.3 is 6.01 Å². The maximum Gasteiger partial charge on any atom is 0.318 e. The molecule has 0 aliphatic carbocycles. The third kappa shape index (κ3) is 2.95. The second-order valence-electron chi connectivity index (χ2n) is 4.94. The van der Waals surface area contributed by atoms with E-state index in [2.05, 4.69) is 10.2 Å². The van der Waals surface area contributed by atoms with Gasteiger partial charge in [-0.05, 0) is 13.8 Å². The molecule has 0 radical (unpaired) electrons. The van der Waals surface area contributed by atoms with Crippen molar-refractivity contribution in [1.29, 1.82) is 0 Å². The van der Waals surface area contributed by atoms with Crippen LogP contribution in [0.5, 0.6) is 0 Å². The predicted octanol–water partition coefficient (Wildman–Crippen LogP) is 1.01. The highest BCUT2D eigenvalue weighted by Gasteiger charge is 2.35. The van der Waals surface area contributed by atoms with Crippen molar-refractivity contribution in [1.82, 2.24) is 10.2 Å². The van der Waals surface area contributed by atoms with Crippen molar-refractivity contribution in [2.45, 2.75) is 32.5 Å². The highest BCUT2D eigenvalue weighted by Crippen LogP contribution is 2.25. The van der Waals surface area contributed by atoms with E-state index in [4.69, 9.17) is 13.9 Å². The minimum atomic E-state index is -0.246. The Kier molecular flexibility index (Phi) is 3.35. The largest absolute Gasteiger partial charge is 0.408 e. The van der Waals surface area contributed by atoms with Gasteiger partial charge in [0.05, 0.1) is 31.4 Å². The summed E-state index contributed by atoms with van der Waals surface area (Å²) >= 11 is 0. The zero-order valence-electron chi connectivity index (χ0n) is 10.8. The normalized spacial score (nSPS) is 24.0. The zero-order valence-corrected chi connectivity index (χ0v) is 10.8. The zero-order chi connectivity index (χ0) is 12.5. The number of hydrogen-bond donors (Lipinski definition) is 0. The van der Waals surface area contributed by atoms with E-state index >= 15 is 0 Å². The van der Waals surface area contributed by atoms with Crippen LogP contribution >= 0.6 is 0 Å². The quantitative estimate of drug-likeness (QED) is 0.787. The summed E-state index contributed by atoms with van der Waals surface area (Å²) in [6, 6.07) is 0.556. The fraction of sp³-hybridized carbons (Fsp3) is 0.818. The van der Waals surface area contributed by atoms with Crippen molar-refractivity contribution in [2.24, 2.45) is 0 Å². The molecule has 0 unspecified atom stereocenters. The standard InChI is InChI=1S/C11H19N3O3/c1-8-12-13-10(16-8)14-5-9(6-15-4)17-11(2,3)7-14/h9H,5-7H2,1-4H3/t9-/m0/s1. The van der Waals surface area contributed by atoms with E-state index in [0.717, 1.165) is 6.54 Å². The van der Waals surface area contributed by atoms with Gasteiger partial charge in [-0.3, -0.25) is 0 Å². The Morgan fingerprint density at radius 1 is 1.47 bits per heavy atom. The molecule has 0 spiro atoms. The molecule has 0 N–H and O–H groups in total. The number of methoxy groups -OCH3 is 1. The molecule has 0 bridgehead atoms. The molecule has 2 heterocycles. The van der Waals surface area contributed by atoms with Crippen molar-refractivity contribution >= 4 is 6.01 Å². The van der Waals surface area contributed by atoms with Crippen LogP contribution in [0.1, 0.15) is 19.7 Å². The molecule has 1 atom stereocenters. The lowest BCUT2D eigenvalue weighted by Crippen LogP contribution is -2.54. The fourth-order valence-electron chi connectivity index (χ4n) is 2.13. The van der Waals surface area contributed by atoms with Gasteiger partial charge in [0.1, 0.15) is 0 Å². The number of nitrogens with zero attached hydrogens (tertiary/aromatic N) is 3. The van der Waals surface area contributed by atoms with Gasteiger partial charge in [-0.1, -0.05) is 5.10 Å². The van der Waals surface area contributed by atoms with Crippen LogP contribution in [0.15, 0.2) is 4.42 Å². The maximum absolute atomic E-state index is 5.92. The highest BCUT2D eigenvalue weighted by atomic mass is 16.5. The minimum absolute atomic E-state index is 0.0240. The van der Waals surface area contributed by atoms with Gasteiger partial charge in [0.25, 0.3) is 0 Å². The van der Waals surface area contributed by atoms with E-state index in [-0.39, 0.29) is 11.7 Å². The summed E-state index contributed by atoms with van der Waals surface area (Å²) in [4.78, 5) is 2.05. The summed E-state index contributed by atoms with van der Waals surface area (Å²) in [6.07, 6.45) is 0.0240. The van der Waals surface area contributed by atoms with Crippen LogP contribution < -0.4 is 4.90 Å². The molecule has 96 valence electrons. The molecule has 1 aromatic heterocycles. The van der Waals surface area contributed by atoms with E-state index in [1.165, 1.54) is 0 Å². The molecule has 0 aromatic carbocycles. The van der Waals surface area contributed by atoms with Gasteiger partial charge in [-0.2, -0.15) is 0 Å². The fourth-order valence-corrected chi connectivity index (χ4v) is 2.13. The van der Waals surface area contributed by atoms with Crippen molar-refractivity contribution < 1.29 is 13.9 Å². The Labute approximate surface area is 101 Å². The number of rotatable bonds is 3. The lowest BCUT2D eigenvalue weighted by molar-refractivity contribution is -0.107. The molecule has 17 heavy (non-hydrogen) atoms. The summed E-state index contributed by atoms with van der Waals surface area (Å²) in [7, 11) is 1.67. The topological polar surface area (TPSA) is 60.6 Å². The van der Waals surface area contributed by atoms with Crippen LogP contribution in [0.3, 0.4) is 0 Å². The summed E-state index contributed by atoms with van der Waals surface area (Å²) < 4.78 is 16.5. The monoisotopic (exact) mass is 241 g/mol. The molecule has 6 heteroatoms. The summed E-state index contributed by atoms with van der Waals surface area (Å²) in [5.41, 5.74) is -0.246. The molecular formula is C11H19N3O3. The second kappa shape index (κ2) is 4.62. The molecule has 1 aliphatic rings. The van der Waals surface area contributed by atoms with Gasteiger partial charge in [-0.15, -0.1) is 5.10 Å². The summed E-state index contributed by atoms with van der Waals surface area (Å²) in [5.74, 6) is 0.576. The third-order valence-electron chi connectivity index (χ3n) is 2.62. The Hall–Kier alpha value is -1.14. The van der Waals surface area contributed by atoms with Crippen molar-refractivity contribution in [3.05, 3.63) is 5.89 Å². The van der Waals surface area contributed by atoms with Gasteiger partial charge < -0.3 is 18.8 Å². The number of ether oxygens (including phenoxy) is 2. The lowest BCUT2D eigenvalue weighted by Gasteiger charge is -2.41. The molecule has 1 fully saturated rings. The van der Waals surface area contributed by atoms with E-state index in [0.29, 0.717) is 25.1 Å². The van der Waals surface area contributed by atoms with Crippen LogP contribution in [0.4, 0.5) is 6.01 Å². The lowest BCUT2D eigenvalue weighted by atomic mass is 10.1. The van der Waals surface area contributed by atoms with Crippen LogP contribution in [-0.2, 0) is 9.47 Å². The average molecular weight is 241 g/mol. The molecule has 1 saturated heterocycles. The highest BCUT2D eigenvalue weighted by molar-refractivity contribution is 5.26. The number of anilines is 1. The number of aryl methyl sites for hydroxylation is 1. The SMILES string of the molecule is COC[C@@H]1CN(c2nnc(C)o2)CC(C)(C)O1. The molecular weight excluding hydrogens is 222 g/mol. The second-order valence-corrected chi connectivity index (χ2v) is 4.94. The Bertz CT molecular complexity index is 378. The predicted molar refractivity (Wildman–Crippen MR) is 62.1 cm³/mol. The summed E-state index contributed by atoms with van der Waals surface area (Å²) in [5, 5.41) is 7.89. The average Bonchev–Trinajstić information content (AvgIpc) is 2.63. The van der Waals surface area contributed by atoms with Gasteiger partial charge in [-0.25, -0.2) is 0 Å². The van der Waals surface area contributed by atoms with Crippen LogP contribution in [0.25, 0.3) is 0 Å². The van der Waals surface area contributed by atoms with Gasteiger partial charge in [0.2, 0.25) is 5.89 Å². The summed E-state index contributed by atoms with van der Waals surface area (Å²) in [6.45, 7) is 7.88. The number of hydrogen-bond acceptors (Lipinski definition) is 6. The smallest absolute Gasteiger partial charge is 0.318 e. The third-order valence-corrected chi connectivity index (χ3v) is 2.62. The number of aromatic nitrogens is 2.